The summed E-state index contributed by atoms with van der Waals surface area (Å²) < 4.78 is 13.2. The predicted octanol–water partition coefficient (Wildman–Crippen LogP) is 5.73. The first-order valence-corrected chi connectivity index (χ1v) is 11.4. The molecule has 4 rings (SSSR count). The van der Waals surface area contributed by atoms with Gasteiger partial charge in [-0.3, -0.25) is 9.47 Å². The number of rotatable bonds is 5. The highest BCUT2D eigenvalue weighted by molar-refractivity contribution is 8.27. The van der Waals surface area contributed by atoms with Crippen LogP contribution in [0.15, 0.2) is 51.8 Å². The lowest BCUT2D eigenvalue weighted by Gasteiger charge is -2.20. The second-order valence-corrected chi connectivity index (χ2v) is 9.12. The first-order valence-electron chi connectivity index (χ1n) is 9.80. The highest BCUT2D eigenvalue weighted by Crippen LogP contribution is 2.34. The van der Waals surface area contributed by atoms with E-state index in [0.29, 0.717) is 31.3 Å². The van der Waals surface area contributed by atoms with Gasteiger partial charge in [0.05, 0.1) is 22.1 Å². The summed E-state index contributed by atoms with van der Waals surface area (Å²) >= 11 is 12.8. The van der Waals surface area contributed by atoms with Crippen LogP contribution in [0.5, 0.6) is 0 Å². The summed E-state index contributed by atoms with van der Waals surface area (Å²) in [7, 11) is 0. The molecule has 2 aromatic heterocycles. The topological polar surface area (TPSA) is 64.7 Å². The number of halogens is 1. The Kier molecular flexibility index (Phi) is 6.28. The summed E-state index contributed by atoms with van der Waals surface area (Å²) in [6.45, 7) is 5.83. The van der Waals surface area contributed by atoms with Crippen molar-refractivity contribution in [3.63, 3.8) is 0 Å². The van der Waals surface area contributed by atoms with Crippen molar-refractivity contribution in [3.05, 3.63) is 75.1 Å². The lowest BCUT2D eigenvalue weighted by molar-refractivity contribution is -0.114. The van der Waals surface area contributed by atoms with Crippen molar-refractivity contribution in [1.29, 1.82) is 0 Å². The van der Waals surface area contributed by atoms with E-state index in [1.165, 1.54) is 16.8 Å². The van der Waals surface area contributed by atoms with Crippen LogP contribution in [-0.4, -0.2) is 27.5 Å². The van der Waals surface area contributed by atoms with E-state index in [1.54, 1.807) is 48.0 Å². The minimum Gasteiger partial charge on any atom is -0.462 e. The molecule has 0 atom stereocenters. The van der Waals surface area contributed by atoms with Gasteiger partial charge in [0.25, 0.3) is 5.91 Å². The van der Waals surface area contributed by atoms with Gasteiger partial charge in [-0.2, -0.15) is 5.01 Å². The average molecular weight is 487 g/mol. The van der Waals surface area contributed by atoms with Crippen LogP contribution in [0, 0.1) is 13.8 Å². The molecule has 1 fully saturated rings. The van der Waals surface area contributed by atoms with Crippen LogP contribution in [0.1, 0.15) is 34.4 Å². The average Bonchev–Trinajstić information content (AvgIpc) is 3.42. The summed E-state index contributed by atoms with van der Waals surface area (Å²) in [6.07, 6.45) is 1.67. The normalized spacial score (nSPS) is 15.1. The van der Waals surface area contributed by atoms with E-state index in [9.17, 15) is 9.59 Å². The van der Waals surface area contributed by atoms with Gasteiger partial charge >= 0.3 is 5.97 Å². The molecule has 3 heterocycles. The van der Waals surface area contributed by atoms with E-state index in [4.69, 9.17) is 33.0 Å². The quantitative estimate of drug-likeness (QED) is 0.260. The molecule has 0 aliphatic carbocycles. The molecule has 1 amide bonds. The number of amides is 1. The monoisotopic (exact) mass is 486 g/mol. The molecule has 6 nitrogen and oxygen atoms in total. The molecule has 0 N–H and O–H groups in total. The summed E-state index contributed by atoms with van der Waals surface area (Å²) in [4.78, 5) is 25.6. The largest absolute Gasteiger partial charge is 0.462 e. The number of hydrogen-bond acceptors (Lipinski definition) is 6. The first kappa shape index (κ1) is 22.4. The molecule has 164 valence electrons. The smallest absolute Gasteiger partial charge is 0.339 e. The van der Waals surface area contributed by atoms with Crippen molar-refractivity contribution in [2.75, 3.05) is 11.6 Å². The van der Waals surface area contributed by atoms with Crippen LogP contribution in [0.4, 0.5) is 0 Å². The maximum Gasteiger partial charge on any atom is 0.339 e. The van der Waals surface area contributed by atoms with Gasteiger partial charge in [0.2, 0.25) is 0 Å². The summed E-state index contributed by atoms with van der Waals surface area (Å²) in [5.41, 5.74) is 2.77. The molecular weight excluding hydrogens is 468 g/mol. The number of thiocarbonyl (C=S) groups is 1. The Hall–Kier alpha value is -2.81. The molecule has 1 aromatic carbocycles. The Morgan fingerprint density at radius 2 is 1.91 bits per heavy atom. The summed E-state index contributed by atoms with van der Waals surface area (Å²) in [5, 5.41) is 1.80. The maximum atomic E-state index is 13.0. The van der Waals surface area contributed by atoms with Crippen molar-refractivity contribution < 1.29 is 18.7 Å². The minimum atomic E-state index is -0.495. The van der Waals surface area contributed by atoms with Gasteiger partial charge in [-0.25, -0.2) is 4.79 Å². The Bertz CT molecular complexity index is 1260. The zero-order valence-corrected chi connectivity index (χ0v) is 19.9. The molecule has 0 saturated carbocycles. The number of carbonyl (C=O) groups excluding carboxylic acids is 2. The lowest BCUT2D eigenvalue weighted by atomic mass is 10.1. The number of aryl methyl sites for hydroxylation is 2. The molecule has 32 heavy (non-hydrogen) atoms. The number of carbonyl (C=O) groups is 2. The third-order valence-electron chi connectivity index (χ3n) is 4.85. The number of benzene rings is 1. The molecule has 1 aliphatic rings. The Morgan fingerprint density at radius 3 is 2.59 bits per heavy atom. The standard InChI is InChI=1S/C23H19ClN2O4S2/c1-4-29-22(28)17-11-15(7-9-18(17)24)19-10-8-16(30-19)12-20-21(27)26(23(31)32-20)25-13(2)5-6-14(25)3/h5-12H,4H2,1-3H3/b20-12+. The van der Waals surface area contributed by atoms with Crippen molar-refractivity contribution in [3.8, 4) is 11.3 Å². The number of furan rings is 1. The highest BCUT2D eigenvalue weighted by atomic mass is 35.5. The predicted molar refractivity (Wildman–Crippen MR) is 130 cm³/mol. The molecular formula is C23H19ClN2O4S2. The maximum absolute atomic E-state index is 13.0. The van der Waals surface area contributed by atoms with E-state index in [2.05, 4.69) is 0 Å². The molecule has 3 aromatic rings. The molecule has 1 saturated heterocycles. The molecule has 0 bridgehead atoms. The van der Waals surface area contributed by atoms with Gasteiger partial charge in [0.1, 0.15) is 11.5 Å². The van der Waals surface area contributed by atoms with Gasteiger partial charge in [0.15, 0.2) is 4.32 Å². The van der Waals surface area contributed by atoms with E-state index in [1.807, 2.05) is 26.0 Å². The number of esters is 1. The van der Waals surface area contributed by atoms with E-state index in [0.717, 1.165) is 11.4 Å². The van der Waals surface area contributed by atoms with E-state index >= 15 is 0 Å². The second kappa shape index (κ2) is 8.97. The Balaban J connectivity index is 1.61. The minimum absolute atomic E-state index is 0.212. The van der Waals surface area contributed by atoms with Crippen molar-refractivity contribution in [1.82, 2.24) is 4.68 Å². The van der Waals surface area contributed by atoms with Crippen LogP contribution in [0.2, 0.25) is 5.02 Å². The second-order valence-electron chi connectivity index (χ2n) is 7.04. The van der Waals surface area contributed by atoms with Crippen LogP contribution in [0.25, 0.3) is 17.4 Å². The summed E-state index contributed by atoms with van der Waals surface area (Å²) in [5.74, 6) is 0.321. The Labute approximate surface area is 199 Å². The van der Waals surface area contributed by atoms with Gasteiger partial charge in [-0.05, 0) is 75.5 Å². The number of aromatic nitrogens is 1. The van der Waals surface area contributed by atoms with Gasteiger partial charge < -0.3 is 9.15 Å². The number of thioether (sulfide) groups is 1. The van der Waals surface area contributed by atoms with Gasteiger partial charge in [0, 0.05) is 23.0 Å². The zero-order chi connectivity index (χ0) is 23.0. The van der Waals surface area contributed by atoms with E-state index in [-0.39, 0.29) is 18.1 Å². The molecule has 0 unspecified atom stereocenters. The first-order chi connectivity index (χ1) is 15.3. The molecule has 0 spiro atoms. The fourth-order valence-electron chi connectivity index (χ4n) is 3.37. The fraction of sp³-hybridized carbons (Fsp3) is 0.174. The van der Waals surface area contributed by atoms with Crippen LogP contribution in [-0.2, 0) is 9.53 Å². The van der Waals surface area contributed by atoms with Crippen LogP contribution < -0.4 is 5.01 Å². The van der Waals surface area contributed by atoms with E-state index < -0.39 is 5.97 Å². The molecule has 1 aliphatic heterocycles. The lowest BCUT2D eigenvalue weighted by Crippen LogP contribution is -2.39. The summed E-state index contributed by atoms with van der Waals surface area (Å²) in [6, 6.07) is 12.4. The number of ether oxygens (including phenoxy) is 1. The van der Waals surface area contributed by atoms with Crippen molar-refractivity contribution in [2.45, 2.75) is 20.8 Å². The third kappa shape index (κ3) is 4.13. The zero-order valence-electron chi connectivity index (χ0n) is 17.5. The number of nitrogens with zero attached hydrogens (tertiary/aromatic N) is 2. The SMILES string of the molecule is CCOC(=O)c1cc(-c2ccc(/C=C3/SC(=S)N(n4c(C)ccc4C)C3=O)o2)ccc1Cl. The van der Waals surface area contributed by atoms with Gasteiger partial charge in [-0.1, -0.05) is 23.4 Å². The van der Waals surface area contributed by atoms with Crippen LogP contribution >= 0.6 is 35.6 Å². The number of hydrogen-bond donors (Lipinski definition) is 0. The highest BCUT2D eigenvalue weighted by Gasteiger charge is 2.35. The van der Waals surface area contributed by atoms with Gasteiger partial charge in [-0.15, -0.1) is 0 Å². The molecule has 0 radical (unpaired) electrons. The van der Waals surface area contributed by atoms with Crippen LogP contribution in [0.3, 0.4) is 0 Å². The Morgan fingerprint density at radius 1 is 1.19 bits per heavy atom. The van der Waals surface area contributed by atoms with Crippen molar-refractivity contribution in [2.24, 2.45) is 0 Å². The molecule has 9 heteroatoms. The third-order valence-corrected chi connectivity index (χ3v) is 6.47. The van der Waals surface area contributed by atoms with Crippen molar-refractivity contribution >= 4 is 57.9 Å². The fourth-order valence-corrected chi connectivity index (χ4v) is 4.78.